The van der Waals surface area contributed by atoms with Gasteiger partial charge in [-0.15, -0.1) is 0 Å². The van der Waals surface area contributed by atoms with Crippen molar-refractivity contribution in [2.24, 2.45) is 11.8 Å². The fraction of sp³-hybridized carbons (Fsp3) is 0.435. The van der Waals surface area contributed by atoms with Gasteiger partial charge in [-0.3, -0.25) is 9.59 Å². The highest BCUT2D eigenvalue weighted by Crippen LogP contribution is 2.34. The van der Waals surface area contributed by atoms with Crippen molar-refractivity contribution >= 4 is 23.2 Å². The van der Waals surface area contributed by atoms with Crippen molar-refractivity contribution in [1.29, 1.82) is 0 Å². The van der Waals surface area contributed by atoms with Crippen LogP contribution in [0.4, 0.5) is 29.1 Å². The van der Waals surface area contributed by atoms with Gasteiger partial charge >= 0.3 is 6.18 Å². The van der Waals surface area contributed by atoms with Crippen molar-refractivity contribution in [3.63, 3.8) is 0 Å². The van der Waals surface area contributed by atoms with E-state index in [1.165, 1.54) is 18.3 Å². The predicted molar refractivity (Wildman–Crippen MR) is 113 cm³/mol. The average Bonchev–Trinajstić information content (AvgIpc) is 2.73. The van der Waals surface area contributed by atoms with E-state index in [2.05, 4.69) is 10.3 Å². The lowest BCUT2D eigenvalue weighted by Gasteiger charge is -2.34. The van der Waals surface area contributed by atoms with Crippen LogP contribution in [0, 0.1) is 17.7 Å². The first-order chi connectivity index (χ1) is 15.0. The number of piperidine rings is 1. The summed E-state index contributed by atoms with van der Waals surface area (Å²) in [6.07, 6.45) is -1.51. The van der Waals surface area contributed by atoms with E-state index in [9.17, 15) is 27.2 Å². The Hall–Kier alpha value is -2.97. The van der Waals surface area contributed by atoms with E-state index in [0.717, 1.165) is 25.0 Å². The Bertz CT molecular complexity index is 991. The number of benzene rings is 1. The molecule has 0 radical (unpaired) electrons. The maximum absolute atomic E-state index is 14.0. The maximum atomic E-state index is 14.0. The fourth-order valence-corrected chi connectivity index (χ4v) is 3.72. The number of anilines is 2. The third kappa shape index (κ3) is 5.83. The first-order valence-electron chi connectivity index (χ1n) is 10.5. The molecule has 1 aliphatic rings. The molecule has 0 spiro atoms. The number of aromatic nitrogens is 1. The van der Waals surface area contributed by atoms with E-state index in [-0.39, 0.29) is 29.9 Å². The van der Waals surface area contributed by atoms with E-state index in [0.29, 0.717) is 30.2 Å². The number of rotatable bonds is 6. The Kier molecular flexibility index (Phi) is 7.16. The molecule has 0 bridgehead atoms. The molecule has 2 aromatic rings. The smallest absolute Gasteiger partial charge is 0.371 e. The zero-order valence-electron chi connectivity index (χ0n) is 17.9. The van der Waals surface area contributed by atoms with Gasteiger partial charge in [0.25, 0.3) is 0 Å². The summed E-state index contributed by atoms with van der Waals surface area (Å²) in [4.78, 5) is 30.5. The molecule has 0 aliphatic carbocycles. The first-order valence-corrected chi connectivity index (χ1v) is 10.5. The Morgan fingerprint density at radius 2 is 1.97 bits per heavy atom. The van der Waals surface area contributed by atoms with Crippen LogP contribution in [0.15, 0.2) is 36.5 Å². The number of ketones is 1. The van der Waals surface area contributed by atoms with Crippen molar-refractivity contribution in [3.8, 4) is 0 Å². The molecule has 3 rings (SSSR count). The second kappa shape index (κ2) is 9.67. The van der Waals surface area contributed by atoms with Crippen LogP contribution < -0.4 is 10.2 Å². The Balaban J connectivity index is 1.66. The van der Waals surface area contributed by atoms with Crippen molar-refractivity contribution in [3.05, 3.63) is 53.5 Å². The molecule has 172 valence electrons. The van der Waals surface area contributed by atoms with Gasteiger partial charge in [-0.1, -0.05) is 13.8 Å². The zero-order chi connectivity index (χ0) is 23.5. The summed E-state index contributed by atoms with van der Waals surface area (Å²) in [5.41, 5.74) is -0.491. The summed E-state index contributed by atoms with van der Waals surface area (Å²) >= 11 is 0. The van der Waals surface area contributed by atoms with Gasteiger partial charge in [0.1, 0.15) is 11.6 Å². The highest BCUT2D eigenvalue weighted by Gasteiger charge is 2.34. The minimum Gasteiger partial charge on any atom is -0.371 e. The van der Waals surface area contributed by atoms with Crippen molar-refractivity contribution in [2.45, 2.75) is 39.3 Å². The van der Waals surface area contributed by atoms with Crippen molar-refractivity contribution in [2.75, 3.05) is 23.3 Å². The molecular formula is C23H25F4N3O2. The molecule has 1 N–H and O–H groups in total. The van der Waals surface area contributed by atoms with Crippen molar-refractivity contribution < 1.29 is 27.2 Å². The van der Waals surface area contributed by atoms with Crippen LogP contribution in [0.25, 0.3) is 0 Å². The molecule has 1 aliphatic heterocycles. The largest absolute Gasteiger partial charge is 0.419 e. The second-order valence-electron chi connectivity index (χ2n) is 8.32. The molecular weight excluding hydrogens is 426 g/mol. The number of nitrogens with zero attached hydrogens (tertiary/aromatic N) is 2. The Morgan fingerprint density at radius 1 is 1.22 bits per heavy atom. The van der Waals surface area contributed by atoms with Gasteiger partial charge in [-0.2, -0.15) is 13.2 Å². The molecule has 1 saturated heterocycles. The summed E-state index contributed by atoms with van der Waals surface area (Å²) in [6, 6.07) is 6.04. The molecule has 0 unspecified atom stereocenters. The van der Waals surface area contributed by atoms with E-state index in [1.807, 2.05) is 4.90 Å². The lowest BCUT2D eigenvalue weighted by atomic mass is 9.90. The molecule has 1 atom stereocenters. The normalized spacial score (nSPS) is 16.8. The molecule has 2 heterocycles. The number of hydrogen-bond donors (Lipinski definition) is 1. The summed E-state index contributed by atoms with van der Waals surface area (Å²) in [6.45, 7) is 4.53. The zero-order valence-corrected chi connectivity index (χ0v) is 17.9. The number of carbonyl (C=O) groups is 2. The monoisotopic (exact) mass is 451 g/mol. The third-order valence-electron chi connectivity index (χ3n) is 5.47. The minimum atomic E-state index is -4.74. The average molecular weight is 451 g/mol. The number of Topliss-reactive ketones (excluding diaryl/α,β-unsaturated/α-hetero) is 1. The highest BCUT2D eigenvalue weighted by atomic mass is 19.4. The van der Waals surface area contributed by atoms with E-state index >= 15 is 0 Å². The molecule has 1 amide bonds. The van der Waals surface area contributed by atoms with Gasteiger partial charge in [0.15, 0.2) is 5.78 Å². The number of carbonyl (C=O) groups excluding carboxylic acids is 2. The Labute approximate surface area is 183 Å². The van der Waals surface area contributed by atoms with Crippen molar-refractivity contribution in [1.82, 2.24) is 4.98 Å². The molecule has 0 saturated carbocycles. The standard InChI is InChI=1S/C23H25F4N3O2/c1-14(2)22(32)29-21-11-16(7-8-28-21)20(31)10-15-4-3-9-30(13-15)17-5-6-18(19(24)12-17)23(25,26)27/h5-8,11-12,14-15H,3-4,9-10,13H2,1-2H3,(H,28,29,32)/t15-/m0/s1. The topological polar surface area (TPSA) is 62.3 Å². The number of halogens is 4. The molecule has 1 aromatic heterocycles. The van der Waals surface area contributed by atoms with Crippen LogP contribution in [-0.4, -0.2) is 29.8 Å². The lowest BCUT2D eigenvalue weighted by molar-refractivity contribution is -0.140. The second-order valence-corrected chi connectivity index (χ2v) is 8.32. The third-order valence-corrected chi connectivity index (χ3v) is 5.47. The van der Waals surface area contributed by atoms with Crippen LogP contribution in [0.1, 0.15) is 49.0 Å². The maximum Gasteiger partial charge on any atom is 0.419 e. The van der Waals surface area contributed by atoms with Gasteiger partial charge in [-0.25, -0.2) is 9.37 Å². The van der Waals surface area contributed by atoms with E-state index in [4.69, 9.17) is 0 Å². The van der Waals surface area contributed by atoms with Crippen LogP contribution in [0.3, 0.4) is 0 Å². The summed E-state index contributed by atoms with van der Waals surface area (Å²) < 4.78 is 52.4. The van der Waals surface area contributed by atoms with Crippen LogP contribution in [0.5, 0.6) is 0 Å². The number of pyridine rings is 1. The molecule has 9 heteroatoms. The lowest BCUT2D eigenvalue weighted by Crippen LogP contribution is -2.36. The van der Waals surface area contributed by atoms with Gasteiger partial charge < -0.3 is 10.2 Å². The highest BCUT2D eigenvalue weighted by molar-refractivity contribution is 5.98. The summed E-state index contributed by atoms with van der Waals surface area (Å²) in [5.74, 6) is -1.56. The summed E-state index contributed by atoms with van der Waals surface area (Å²) in [7, 11) is 0. The van der Waals surface area contributed by atoms with Gasteiger partial charge in [0.2, 0.25) is 5.91 Å². The molecule has 1 fully saturated rings. The number of hydrogen-bond acceptors (Lipinski definition) is 4. The van der Waals surface area contributed by atoms with Crippen LogP contribution in [0.2, 0.25) is 0 Å². The van der Waals surface area contributed by atoms with Crippen LogP contribution >= 0.6 is 0 Å². The fourth-order valence-electron chi connectivity index (χ4n) is 3.72. The SMILES string of the molecule is CC(C)C(=O)Nc1cc(C(=O)C[C@@H]2CCCN(c3ccc(C(F)(F)F)c(F)c3)C2)ccn1. The van der Waals surface area contributed by atoms with E-state index in [1.54, 1.807) is 19.9 Å². The number of alkyl halides is 3. The summed E-state index contributed by atoms with van der Waals surface area (Å²) in [5, 5.41) is 2.66. The molecule has 32 heavy (non-hydrogen) atoms. The first kappa shape index (κ1) is 23.7. The molecule has 1 aromatic carbocycles. The quantitative estimate of drug-likeness (QED) is 0.477. The van der Waals surface area contributed by atoms with Crippen LogP contribution in [-0.2, 0) is 11.0 Å². The minimum absolute atomic E-state index is 0.0246. The Morgan fingerprint density at radius 3 is 2.62 bits per heavy atom. The van der Waals surface area contributed by atoms with E-state index < -0.39 is 17.6 Å². The molecule has 5 nitrogen and oxygen atoms in total. The van der Waals surface area contributed by atoms with Gasteiger partial charge in [-0.05, 0) is 49.1 Å². The number of amides is 1. The van der Waals surface area contributed by atoms with Gasteiger partial charge in [0, 0.05) is 42.9 Å². The predicted octanol–water partition coefficient (Wildman–Crippen LogP) is 5.32. The number of nitrogens with one attached hydrogen (secondary N) is 1. The van der Waals surface area contributed by atoms with Gasteiger partial charge in [0.05, 0.1) is 5.56 Å².